The molecule has 5 unspecified atom stereocenters. The van der Waals surface area contributed by atoms with E-state index in [-0.39, 0.29) is 37.4 Å². The van der Waals surface area contributed by atoms with Gasteiger partial charge in [0.05, 0.1) is 12.4 Å². The summed E-state index contributed by atoms with van der Waals surface area (Å²) in [5.74, 6) is -4.40. The molecule has 0 aliphatic heterocycles. The van der Waals surface area contributed by atoms with Crippen molar-refractivity contribution < 1.29 is 34.2 Å². The van der Waals surface area contributed by atoms with Crippen molar-refractivity contribution in [2.45, 2.75) is 70.1 Å². The lowest BCUT2D eigenvalue weighted by molar-refractivity contribution is -0.142. The molecule has 218 valence electrons. The SMILES string of the molecule is CCC(C)C(N)C(=O)NC(Cc1ccc(O)cc1)C(=O)NC(CCC(N)=O)C(=O)NC(Cc1cnc[nH]1)C(=O)O. The Hall–Kier alpha value is -4.46. The van der Waals surface area contributed by atoms with Crippen molar-refractivity contribution >= 4 is 29.6 Å². The highest BCUT2D eigenvalue weighted by molar-refractivity contribution is 5.94. The van der Waals surface area contributed by atoms with Gasteiger partial charge in [-0.15, -0.1) is 0 Å². The van der Waals surface area contributed by atoms with Crippen LogP contribution in [0.25, 0.3) is 0 Å². The fourth-order valence-corrected chi connectivity index (χ4v) is 3.77. The van der Waals surface area contributed by atoms with Gasteiger partial charge in [0.1, 0.15) is 23.9 Å². The molecular formula is C26H37N7O7. The Kier molecular flexibility index (Phi) is 12.1. The van der Waals surface area contributed by atoms with E-state index in [1.165, 1.54) is 24.7 Å². The number of aliphatic carboxylic acids is 1. The molecule has 0 fully saturated rings. The van der Waals surface area contributed by atoms with Gasteiger partial charge in [-0.25, -0.2) is 9.78 Å². The molecule has 0 aliphatic rings. The van der Waals surface area contributed by atoms with Crippen LogP contribution < -0.4 is 27.4 Å². The summed E-state index contributed by atoms with van der Waals surface area (Å²) >= 11 is 0. The lowest BCUT2D eigenvalue weighted by atomic mass is 9.98. The fourth-order valence-electron chi connectivity index (χ4n) is 3.77. The number of primary amides is 1. The van der Waals surface area contributed by atoms with E-state index in [0.29, 0.717) is 17.7 Å². The second-order valence-corrected chi connectivity index (χ2v) is 9.59. The minimum atomic E-state index is -1.36. The number of rotatable bonds is 16. The van der Waals surface area contributed by atoms with Crippen LogP contribution in [0, 0.1) is 5.92 Å². The number of phenolic OH excluding ortho intramolecular Hbond substituents is 1. The van der Waals surface area contributed by atoms with Gasteiger partial charge in [-0.3, -0.25) is 19.2 Å². The van der Waals surface area contributed by atoms with Crippen molar-refractivity contribution in [1.82, 2.24) is 25.9 Å². The van der Waals surface area contributed by atoms with Crippen molar-refractivity contribution in [3.8, 4) is 5.75 Å². The van der Waals surface area contributed by atoms with Gasteiger partial charge in [-0.05, 0) is 30.0 Å². The molecule has 1 aromatic carbocycles. The molecule has 2 rings (SSSR count). The Bertz CT molecular complexity index is 1150. The van der Waals surface area contributed by atoms with Gasteiger partial charge < -0.3 is 42.6 Å². The maximum absolute atomic E-state index is 13.4. The summed E-state index contributed by atoms with van der Waals surface area (Å²) in [4.78, 5) is 69.2. The molecule has 0 radical (unpaired) electrons. The van der Waals surface area contributed by atoms with Crippen LogP contribution in [0.15, 0.2) is 36.8 Å². The Morgan fingerprint density at radius 1 is 0.950 bits per heavy atom. The first kappa shape index (κ1) is 31.8. The number of hydrogen-bond donors (Lipinski definition) is 8. The zero-order valence-electron chi connectivity index (χ0n) is 22.4. The van der Waals surface area contributed by atoms with E-state index in [2.05, 4.69) is 25.9 Å². The summed E-state index contributed by atoms with van der Waals surface area (Å²) in [6, 6.07) is 1.20. The van der Waals surface area contributed by atoms with Gasteiger partial charge >= 0.3 is 5.97 Å². The van der Waals surface area contributed by atoms with E-state index in [1.807, 2.05) is 6.92 Å². The summed E-state index contributed by atoms with van der Waals surface area (Å²) in [5.41, 5.74) is 12.3. The van der Waals surface area contributed by atoms with Gasteiger partial charge in [0.15, 0.2) is 0 Å². The minimum absolute atomic E-state index is 0.00713. The number of carbonyl (C=O) groups is 5. The first-order chi connectivity index (χ1) is 18.9. The van der Waals surface area contributed by atoms with Crippen LogP contribution in [-0.4, -0.2) is 73.9 Å². The third kappa shape index (κ3) is 10.0. The standard InChI is InChI=1S/C26H37N7O7/c1-3-14(2)22(28)25(38)32-19(10-15-4-6-17(34)7-5-15)24(37)31-18(8-9-21(27)35)23(36)33-20(26(39)40)11-16-12-29-13-30-16/h4-7,12-14,18-20,22,34H,3,8-11,28H2,1-2H3,(H2,27,35)(H,29,30)(H,31,37)(H,32,38)(H,33,36)(H,39,40). The lowest BCUT2D eigenvalue weighted by Crippen LogP contribution is -2.58. The normalized spacial score (nSPS) is 14.7. The summed E-state index contributed by atoms with van der Waals surface area (Å²) in [6.45, 7) is 3.67. The number of amides is 4. The summed E-state index contributed by atoms with van der Waals surface area (Å²) < 4.78 is 0. The van der Waals surface area contributed by atoms with E-state index < -0.39 is 53.8 Å². The van der Waals surface area contributed by atoms with E-state index in [9.17, 15) is 34.2 Å². The van der Waals surface area contributed by atoms with Crippen LogP contribution in [0.5, 0.6) is 5.75 Å². The van der Waals surface area contributed by atoms with Crippen LogP contribution in [0.2, 0.25) is 0 Å². The second-order valence-electron chi connectivity index (χ2n) is 9.59. The number of carboxylic acid groups (broad SMARTS) is 1. The topological polar surface area (TPSA) is 243 Å². The number of benzene rings is 1. The van der Waals surface area contributed by atoms with Crippen molar-refractivity contribution in [3.63, 3.8) is 0 Å². The van der Waals surface area contributed by atoms with Gasteiger partial charge in [0.2, 0.25) is 23.6 Å². The smallest absolute Gasteiger partial charge is 0.326 e. The van der Waals surface area contributed by atoms with E-state index in [0.717, 1.165) is 0 Å². The molecule has 0 aliphatic carbocycles. The average molecular weight is 560 g/mol. The van der Waals surface area contributed by atoms with E-state index >= 15 is 0 Å². The number of aromatic nitrogens is 2. The molecule has 0 saturated heterocycles. The number of imidazole rings is 1. The first-order valence-electron chi connectivity index (χ1n) is 12.8. The Balaban J connectivity index is 2.26. The molecule has 1 heterocycles. The Morgan fingerprint density at radius 2 is 1.55 bits per heavy atom. The van der Waals surface area contributed by atoms with Crippen LogP contribution >= 0.6 is 0 Å². The highest BCUT2D eigenvalue weighted by Gasteiger charge is 2.31. The fraction of sp³-hybridized carbons (Fsp3) is 0.462. The van der Waals surface area contributed by atoms with Crippen LogP contribution in [0.1, 0.15) is 44.4 Å². The zero-order chi connectivity index (χ0) is 29.8. The number of hydrogen-bond acceptors (Lipinski definition) is 8. The molecule has 10 N–H and O–H groups in total. The Labute approximate surface area is 231 Å². The first-order valence-corrected chi connectivity index (χ1v) is 12.8. The van der Waals surface area contributed by atoms with Crippen LogP contribution in [-0.2, 0) is 36.8 Å². The van der Waals surface area contributed by atoms with Crippen molar-refractivity contribution in [2.24, 2.45) is 17.4 Å². The molecule has 14 nitrogen and oxygen atoms in total. The molecule has 0 bridgehead atoms. The van der Waals surface area contributed by atoms with E-state index in [4.69, 9.17) is 11.5 Å². The van der Waals surface area contributed by atoms with Crippen molar-refractivity contribution in [1.29, 1.82) is 0 Å². The molecule has 0 saturated carbocycles. The average Bonchev–Trinajstić information content (AvgIpc) is 3.43. The largest absolute Gasteiger partial charge is 0.508 e. The Morgan fingerprint density at radius 3 is 2.10 bits per heavy atom. The van der Waals surface area contributed by atoms with Gasteiger partial charge in [0, 0.05) is 31.2 Å². The zero-order valence-corrected chi connectivity index (χ0v) is 22.4. The summed E-state index contributed by atoms with van der Waals surface area (Å²) in [6.07, 6.45) is 2.80. The summed E-state index contributed by atoms with van der Waals surface area (Å²) in [7, 11) is 0. The van der Waals surface area contributed by atoms with Gasteiger partial charge in [-0.1, -0.05) is 32.4 Å². The third-order valence-corrected chi connectivity index (χ3v) is 6.47. The predicted octanol–water partition coefficient (Wildman–Crippen LogP) is -0.922. The molecule has 2 aromatic rings. The highest BCUT2D eigenvalue weighted by atomic mass is 16.4. The number of H-pyrrole nitrogens is 1. The number of nitrogens with one attached hydrogen (secondary N) is 4. The quantitative estimate of drug-likeness (QED) is 0.127. The summed E-state index contributed by atoms with van der Waals surface area (Å²) in [5, 5.41) is 26.7. The monoisotopic (exact) mass is 559 g/mol. The van der Waals surface area contributed by atoms with Gasteiger partial charge in [0.25, 0.3) is 0 Å². The maximum Gasteiger partial charge on any atom is 0.326 e. The van der Waals surface area contributed by atoms with E-state index in [1.54, 1.807) is 19.1 Å². The van der Waals surface area contributed by atoms with Crippen molar-refractivity contribution in [2.75, 3.05) is 0 Å². The third-order valence-electron chi connectivity index (χ3n) is 6.47. The molecule has 4 amide bonds. The number of nitrogens with two attached hydrogens (primary N) is 2. The molecule has 0 spiro atoms. The number of aromatic amines is 1. The second kappa shape index (κ2) is 15.2. The van der Waals surface area contributed by atoms with Gasteiger partial charge in [-0.2, -0.15) is 0 Å². The molecule has 14 heteroatoms. The molecule has 1 aromatic heterocycles. The number of carbonyl (C=O) groups excluding carboxylic acids is 4. The number of carboxylic acids is 1. The molecular weight excluding hydrogens is 522 g/mol. The molecule has 5 atom stereocenters. The molecule has 40 heavy (non-hydrogen) atoms. The minimum Gasteiger partial charge on any atom is -0.508 e. The maximum atomic E-state index is 13.4. The highest BCUT2D eigenvalue weighted by Crippen LogP contribution is 2.13. The number of aromatic hydroxyl groups is 1. The number of phenols is 1. The predicted molar refractivity (Wildman–Crippen MR) is 143 cm³/mol. The van der Waals surface area contributed by atoms with Crippen LogP contribution in [0.3, 0.4) is 0 Å². The number of nitrogens with zero attached hydrogens (tertiary/aromatic N) is 1. The van der Waals surface area contributed by atoms with Crippen molar-refractivity contribution in [3.05, 3.63) is 48.0 Å². The lowest BCUT2D eigenvalue weighted by Gasteiger charge is -2.26. The van der Waals surface area contributed by atoms with Crippen LogP contribution in [0.4, 0.5) is 0 Å².